The number of carbonyl (C=O) groups excluding carboxylic acids is 1. The molecular formula is C19H19N3OS. The number of aryl methyl sites for hydroxylation is 1. The summed E-state index contributed by atoms with van der Waals surface area (Å²) in [4.78, 5) is 20.8. The van der Waals surface area contributed by atoms with Crippen LogP contribution in [0.2, 0.25) is 0 Å². The van der Waals surface area contributed by atoms with Gasteiger partial charge in [-0.2, -0.15) is 0 Å². The van der Waals surface area contributed by atoms with E-state index < -0.39 is 0 Å². The largest absolute Gasteiger partial charge is 0.332 e. The van der Waals surface area contributed by atoms with Crippen molar-refractivity contribution in [2.75, 3.05) is 0 Å². The fraction of sp³-hybridized carbons (Fsp3) is 0.368. The number of carbonyl (C=O) groups is 1. The summed E-state index contributed by atoms with van der Waals surface area (Å²) in [6.45, 7) is 0. The van der Waals surface area contributed by atoms with Gasteiger partial charge in [-0.05, 0) is 36.8 Å². The number of aromatic nitrogens is 2. The number of imidazole rings is 1. The molecule has 5 heteroatoms. The van der Waals surface area contributed by atoms with E-state index in [0.717, 1.165) is 36.3 Å². The number of rotatable bonds is 4. The second kappa shape index (κ2) is 5.45. The van der Waals surface area contributed by atoms with Gasteiger partial charge in [0.1, 0.15) is 0 Å². The molecule has 2 aromatic heterocycles. The molecule has 1 atom stereocenters. The van der Waals surface area contributed by atoms with Crippen molar-refractivity contribution in [2.24, 2.45) is 0 Å². The van der Waals surface area contributed by atoms with Crippen LogP contribution in [0.4, 0.5) is 0 Å². The molecule has 5 rings (SSSR count). The molecule has 4 nitrogen and oxygen atoms in total. The molecule has 24 heavy (non-hydrogen) atoms. The smallest absolute Gasteiger partial charge is 0.229 e. The Morgan fingerprint density at radius 1 is 1.29 bits per heavy atom. The number of hydrogen-bond acceptors (Lipinski definition) is 3. The molecule has 1 amide bonds. The summed E-state index contributed by atoms with van der Waals surface area (Å²) >= 11 is 1.61. The van der Waals surface area contributed by atoms with Gasteiger partial charge in [-0.15, -0.1) is 11.3 Å². The first kappa shape index (κ1) is 14.2. The molecule has 2 aliphatic rings. The van der Waals surface area contributed by atoms with Gasteiger partial charge < -0.3 is 4.90 Å². The zero-order chi connectivity index (χ0) is 16.1. The molecule has 122 valence electrons. The van der Waals surface area contributed by atoms with Gasteiger partial charge in [0.05, 0.1) is 18.2 Å². The lowest BCUT2D eigenvalue weighted by molar-refractivity contribution is -0.133. The van der Waals surface area contributed by atoms with Crippen LogP contribution >= 0.6 is 11.3 Å². The molecule has 0 radical (unpaired) electrons. The van der Waals surface area contributed by atoms with E-state index in [-0.39, 0.29) is 11.9 Å². The van der Waals surface area contributed by atoms with Gasteiger partial charge in [0.2, 0.25) is 5.91 Å². The minimum atomic E-state index is 0.227. The molecule has 0 spiro atoms. The Kier molecular flexibility index (Phi) is 3.23. The summed E-state index contributed by atoms with van der Waals surface area (Å²) in [5.41, 5.74) is 3.64. The molecule has 1 aromatic carbocycles. The van der Waals surface area contributed by atoms with E-state index in [1.807, 2.05) is 22.2 Å². The van der Waals surface area contributed by atoms with Crippen LogP contribution in [0.5, 0.6) is 0 Å². The highest BCUT2D eigenvalue weighted by molar-refractivity contribution is 7.15. The third kappa shape index (κ3) is 2.35. The lowest BCUT2D eigenvalue weighted by Gasteiger charge is -2.30. The van der Waals surface area contributed by atoms with Crippen molar-refractivity contribution in [3.05, 3.63) is 58.9 Å². The summed E-state index contributed by atoms with van der Waals surface area (Å²) in [6.07, 6.45) is 8.80. The first-order valence-electron chi connectivity index (χ1n) is 8.59. The maximum absolute atomic E-state index is 13.1. The van der Waals surface area contributed by atoms with E-state index in [1.165, 1.54) is 11.1 Å². The number of amides is 1. The van der Waals surface area contributed by atoms with Gasteiger partial charge in [-0.3, -0.25) is 9.20 Å². The Labute approximate surface area is 144 Å². The first-order valence-corrected chi connectivity index (χ1v) is 9.47. The highest BCUT2D eigenvalue weighted by Gasteiger charge is 2.40. The lowest BCUT2D eigenvalue weighted by Crippen LogP contribution is -2.37. The quantitative estimate of drug-likeness (QED) is 0.729. The van der Waals surface area contributed by atoms with Crippen LogP contribution < -0.4 is 0 Å². The van der Waals surface area contributed by atoms with Crippen LogP contribution in [0.15, 0.2) is 42.0 Å². The van der Waals surface area contributed by atoms with Crippen LogP contribution in [0.25, 0.3) is 4.96 Å². The molecule has 3 aromatic rings. The van der Waals surface area contributed by atoms with Gasteiger partial charge in [-0.1, -0.05) is 24.3 Å². The number of thiazole rings is 1. The Hall–Kier alpha value is -2.14. The molecule has 1 saturated carbocycles. The van der Waals surface area contributed by atoms with Crippen molar-refractivity contribution in [3.8, 4) is 0 Å². The molecule has 0 unspecified atom stereocenters. The van der Waals surface area contributed by atoms with Crippen LogP contribution in [0.3, 0.4) is 0 Å². The fourth-order valence-corrected chi connectivity index (χ4v) is 4.63. The third-order valence-corrected chi connectivity index (χ3v) is 5.91. The number of benzene rings is 1. The summed E-state index contributed by atoms with van der Waals surface area (Å²) in [5, 5.41) is 2.01. The molecule has 2 heterocycles. The van der Waals surface area contributed by atoms with Gasteiger partial charge in [0, 0.05) is 23.8 Å². The summed E-state index contributed by atoms with van der Waals surface area (Å²) < 4.78 is 2.00. The van der Waals surface area contributed by atoms with Crippen LogP contribution in [-0.2, 0) is 17.6 Å². The van der Waals surface area contributed by atoms with Gasteiger partial charge in [-0.25, -0.2) is 4.98 Å². The number of fused-ring (bicyclic) bond motifs is 2. The average Bonchev–Trinajstić information content (AvgIpc) is 2.99. The molecular weight excluding hydrogens is 318 g/mol. The Morgan fingerprint density at radius 2 is 2.17 bits per heavy atom. The highest BCUT2D eigenvalue weighted by Crippen LogP contribution is 2.42. The maximum Gasteiger partial charge on any atom is 0.229 e. The van der Waals surface area contributed by atoms with E-state index in [2.05, 4.69) is 34.1 Å². The molecule has 0 bridgehead atoms. The molecule has 0 N–H and O–H groups in total. The first-order chi connectivity index (χ1) is 11.8. The van der Waals surface area contributed by atoms with Gasteiger partial charge in [0.15, 0.2) is 4.96 Å². The monoisotopic (exact) mass is 337 g/mol. The molecule has 2 aliphatic carbocycles. The maximum atomic E-state index is 13.1. The fourth-order valence-electron chi connectivity index (χ4n) is 3.92. The van der Waals surface area contributed by atoms with E-state index in [1.54, 1.807) is 11.3 Å². The van der Waals surface area contributed by atoms with Crippen molar-refractivity contribution in [1.29, 1.82) is 0 Å². The predicted molar refractivity (Wildman–Crippen MR) is 94.1 cm³/mol. The predicted octanol–water partition coefficient (Wildman–Crippen LogP) is 3.62. The van der Waals surface area contributed by atoms with E-state index in [4.69, 9.17) is 0 Å². The number of nitrogens with zero attached hydrogens (tertiary/aromatic N) is 3. The van der Waals surface area contributed by atoms with E-state index in [9.17, 15) is 4.79 Å². The highest BCUT2D eigenvalue weighted by atomic mass is 32.1. The second-order valence-electron chi connectivity index (χ2n) is 6.79. The minimum Gasteiger partial charge on any atom is -0.332 e. The van der Waals surface area contributed by atoms with Crippen molar-refractivity contribution >= 4 is 22.2 Å². The summed E-state index contributed by atoms with van der Waals surface area (Å²) in [7, 11) is 0. The zero-order valence-electron chi connectivity index (χ0n) is 13.4. The minimum absolute atomic E-state index is 0.227. The molecule has 0 aliphatic heterocycles. The molecule has 1 fully saturated rings. The zero-order valence-corrected chi connectivity index (χ0v) is 14.2. The van der Waals surface area contributed by atoms with Gasteiger partial charge >= 0.3 is 0 Å². The van der Waals surface area contributed by atoms with Crippen molar-refractivity contribution in [1.82, 2.24) is 14.3 Å². The lowest BCUT2D eigenvalue weighted by atomic mass is 10.1. The van der Waals surface area contributed by atoms with E-state index in [0.29, 0.717) is 12.5 Å². The Bertz CT molecular complexity index is 880. The summed E-state index contributed by atoms with van der Waals surface area (Å²) in [5.74, 6) is 0.227. The Balaban J connectivity index is 1.42. The standard InChI is InChI=1S/C19H19N3OS/c23-18(11-14-12-21-9-10-24-19(21)20-14)22(15-6-7-15)17-8-5-13-3-1-2-4-16(13)17/h1-4,9-10,12,15,17H,5-8,11H2/t17-/m0/s1. The van der Waals surface area contributed by atoms with Crippen molar-refractivity contribution in [2.45, 2.75) is 44.2 Å². The normalized spacial score (nSPS) is 19.6. The van der Waals surface area contributed by atoms with E-state index >= 15 is 0 Å². The molecule has 0 saturated heterocycles. The topological polar surface area (TPSA) is 37.6 Å². The van der Waals surface area contributed by atoms with Crippen LogP contribution in [0.1, 0.15) is 42.1 Å². The Morgan fingerprint density at radius 3 is 3.00 bits per heavy atom. The number of hydrogen-bond donors (Lipinski definition) is 0. The van der Waals surface area contributed by atoms with Crippen LogP contribution in [0, 0.1) is 0 Å². The van der Waals surface area contributed by atoms with Crippen molar-refractivity contribution < 1.29 is 4.79 Å². The second-order valence-corrected chi connectivity index (χ2v) is 7.66. The van der Waals surface area contributed by atoms with Gasteiger partial charge in [0.25, 0.3) is 0 Å². The van der Waals surface area contributed by atoms with Crippen LogP contribution in [-0.4, -0.2) is 26.2 Å². The SMILES string of the molecule is O=C(Cc1cn2ccsc2n1)N(C1CC1)[C@H]1CCc2ccccc21. The third-order valence-electron chi connectivity index (χ3n) is 5.14. The van der Waals surface area contributed by atoms with Crippen molar-refractivity contribution in [3.63, 3.8) is 0 Å². The summed E-state index contributed by atoms with van der Waals surface area (Å²) in [6, 6.07) is 9.28. The average molecular weight is 337 g/mol.